The van der Waals surface area contributed by atoms with Crippen LogP contribution in [-0.2, 0) is 11.8 Å². The van der Waals surface area contributed by atoms with Crippen molar-refractivity contribution in [1.82, 2.24) is 4.57 Å². The standard InChI is InChI=1S/C11H15N3O3/c1-3-4-6-10(15)13-7-5-14(2)9(11(16)17)8(7)12-6/h5-6,12H,3-4H2,1-2H3,(H,13,15)(H,16,17). The number of carbonyl (C=O) groups excluding carboxylic acids is 1. The maximum absolute atomic E-state index is 11.7. The molecule has 1 aromatic rings. The Kier molecular flexibility index (Phi) is 2.79. The number of anilines is 2. The fourth-order valence-corrected chi connectivity index (χ4v) is 2.08. The first kappa shape index (κ1) is 11.5. The summed E-state index contributed by atoms with van der Waals surface area (Å²) in [5.74, 6) is -1.12. The molecule has 0 spiro atoms. The molecule has 1 unspecified atom stereocenters. The predicted octanol–water partition coefficient (Wildman–Crippen LogP) is 1.26. The van der Waals surface area contributed by atoms with Gasteiger partial charge in [-0.05, 0) is 6.42 Å². The largest absolute Gasteiger partial charge is 0.477 e. The van der Waals surface area contributed by atoms with Gasteiger partial charge in [0.1, 0.15) is 6.04 Å². The molecular formula is C11H15N3O3. The number of carboxylic acids is 1. The normalized spacial score (nSPS) is 18.2. The Morgan fingerprint density at radius 1 is 1.59 bits per heavy atom. The number of carboxylic acid groups (broad SMARTS) is 1. The molecule has 92 valence electrons. The quantitative estimate of drug-likeness (QED) is 0.739. The van der Waals surface area contributed by atoms with Gasteiger partial charge < -0.3 is 20.3 Å². The number of aromatic nitrogens is 1. The molecule has 1 aromatic heterocycles. The van der Waals surface area contributed by atoms with Crippen LogP contribution in [0, 0.1) is 0 Å². The molecule has 2 rings (SSSR count). The van der Waals surface area contributed by atoms with Crippen molar-refractivity contribution in [3.8, 4) is 0 Å². The number of aryl methyl sites for hydroxylation is 1. The first-order valence-corrected chi connectivity index (χ1v) is 5.54. The number of fused-ring (bicyclic) bond motifs is 1. The molecule has 6 heteroatoms. The zero-order valence-corrected chi connectivity index (χ0v) is 9.78. The molecule has 0 radical (unpaired) electrons. The Balaban J connectivity index is 2.40. The molecular weight excluding hydrogens is 222 g/mol. The van der Waals surface area contributed by atoms with Crippen molar-refractivity contribution in [2.75, 3.05) is 10.6 Å². The Labute approximate surface area is 98.6 Å². The van der Waals surface area contributed by atoms with Gasteiger partial charge in [0.15, 0.2) is 5.69 Å². The third kappa shape index (κ3) is 1.86. The predicted molar refractivity (Wildman–Crippen MR) is 63.3 cm³/mol. The van der Waals surface area contributed by atoms with Gasteiger partial charge in [0, 0.05) is 13.2 Å². The monoisotopic (exact) mass is 237 g/mol. The summed E-state index contributed by atoms with van der Waals surface area (Å²) in [5.41, 5.74) is 1.20. The molecule has 0 bridgehead atoms. The van der Waals surface area contributed by atoms with E-state index in [1.54, 1.807) is 13.2 Å². The van der Waals surface area contributed by atoms with Crippen LogP contribution in [0.1, 0.15) is 30.3 Å². The lowest BCUT2D eigenvalue weighted by atomic mass is 10.1. The van der Waals surface area contributed by atoms with Crippen LogP contribution in [0.5, 0.6) is 0 Å². The van der Waals surface area contributed by atoms with E-state index in [0.29, 0.717) is 17.8 Å². The van der Waals surface area contributed by atoms with Gasteiger partial charge in [0.2, 0.25) is 5.91 Å². The fraction of sp³-hybridized carbons (Fsp3) is 0.455. The van der Waals surface area contributed by atoms with E-state index in [-0.39, 0.29) is 17.6 Å². The molecule has 1 aliphatic rings. The van der Waals surface area contributed by atoms with Crippen LogP contribution < -0.4 is 10.6 Å². The number of aromatic carboxylic acids is 1. The fourth-order valence-electron chi connectivity index (χ4n) is 2.08. The van der Waals surface area contributed by atoms with Gasteiger partial charge in [-0.25, -0.2) is 4.79 Å². The Morgan fingerprint density at radius 2 is 2.29 bits per heavy atom. The van der Waals surface area contributed by atoms with Crippen molar-refractivity contribution in [3.63, 3.8) is 0 Å². The highest BCUT2D eigenvalue weighted by atomic mass is 16.4. The van der Waals surface area contributed by atoms with Crippen LogP contribution in [0.3, 0.4) is 0 Å². The summed E-state index contributed by atoms with van der Waals surface area (Å²) < 4.78 is 1.49. The van der Waals surface area contributed by atoms with Crippen LogP contribution in [0.2, 0.25) is 0 Å². The zero-order chi connectivity index (χ0) is 12.6. The third-order valence-corrected chi connectivity index (χ3v) is 2.85. The average Bonchev–Trinajstić information content (AvgIpc) is 2.54. The lowest BCUT2D eigenvalue weighted by Gasteiger charge is -2.24. The Bertz CT molecular complexity index is 479. The molecule has 0 aromatic carbocycles. The maximum Gasteiger partial charge on any atom is 0.354 e. The van der Waals surface area contributed by atoms with Crippen molar-refractivity contribution in [3.05, 3.63) is 11.9 Å². The highest BCUT2D eigenvalue weighted by Crippen LogP contribution is 2.32. The van der Waals surface area contributed by atoms with Crippen LogP contribution in [-0.4, -0.2) is 27.6 Å². The molecule has 0 fully saturated rings. The minimum atomic E-state index is -1.01. The Hall–Kier alpha value is -1.98. The molecule has 1 atom stereocenters. The topological polar surface area (TPSA) is 83.4 Å². The van der Waals surface area contributed by atoms with E-state index >= 15 is 0 Å². The first-order valence-electron chi connectivity index (χ1n) is 5.54. The second-order valence-corrected chi connectivity index (χ2v) is 4.16. The zero-order valence-electron chi connectivity index (χ0n) is 9.78. The summed E-state index contributed by atoms with van der Waals surface area (Å²) in [4.78, 5) is 22.8. The van der Waals surface area contributed by atoms with Crippen molar-refractivity contribution in [2.24, 2.45) is 7.05 Å². The lowest BCUT2D eigenvalue weighted by molar-refractivity contribution is -0.117. The minimum Gasteiger partial charge on any atom is -0.477 e. The van der Waals surface area contributed by atoms with Crippen LogP contribution in [0.25, 0.3) is 0 Å². The second kappa shape index (κ2) is 4.12. The van der Waals surface area contributed by atoms with E-state index in [0.717, 1.165) is 6.42 Å². The van der Waals surface area contributed by atoms with Crippen LogP contribution in [0.4, 0.5) is 11.4 Å². The number of hydrogen-bond acceptors (Lipinski definition) is 3. The van der Waals surface area contributed by atoms with E-state index < -0.39 is 5.97 Å². The highest BCUT2D eigenvalue weighted by molar-refractivity contribution is 6.07. The SMILES string of the molecule is CCCC1Nc2c(cn(C)c2C(=O)O)NC1=O. The van der Waals surface area contributed by atoms with E-state index in [4.69, 9.17) is 5.11 Å². The maximum atomic E-state index is 11.7. The Morgan fingerprint density at radius 3 is 2.88 bits per heavy atom. The van der Waals surface area contributed by atoms with Gasteiger partial charge in [-0.1, -0.05) is 13.3 Å². The third-order valence-electron chi connectivity index (χ3n) is 2.85. The molecule has 3 N–H and O–H groups in total. The number of nitrogens with one attached hydrogen (secondary N) is 2. The number of carbonyl (C=O) groups is 2. The summed E-state index contributed by atoms with van der Waals surface area (Å²) >= 11 is 0. The van der Waals surface area contributed by atoms with E-state index in [2.05, 4.69) is 10.6 Å². The number of rotatable bonds is 3. The summed E-state index contributed by atoms with van der Waals surface area (Å²) in [5, 5.41) is 14.8. The number of nitrogens with zero attached hydrogens (tertiary/aromatic N) is 1. The number of hydrogen-bond donors (Lipinski definition) is 3. The summed E-state index contributed by atoms with van der Waals surface area (Å²) in [6, 6.07) is -0.354. The second-order valence-electron chi connectivity index (χ2n) is 4.16. The van der Waals surface area contributed by atoms with E-state index in [9.17, 15) is 9.59 Å². The molecule has 6 nitrogen and oxygen atoms in total. The van der Waals surface area contributed by atoms with Crippen LogP contribution in [0.15, 0.2) is 6.20 Å². The number of amides is 1. The highest BCUT2D eigenvalue weighted by Gasteiger charge is 2.30. The molecule has 17 heavy (non-hydrogen) atoms. The van der Waals surface area contributed by atoms with Crippen molar-refractivity contribution in [2.45, 2.75) is 25.8 Å². The first-order chi connectivity index (χ1) is 8.04. The van der Waals surface area contributed by atoms with E-state index in [1.165, 1.54) is 4.57 Å². The minimum absolute atomic E-state index is 0.109. The van der Waals surface area contributed by atoms with Gasteiger partial charge in [0.25, 0.3) is 0 Å². The van der Waals surface area contributed by atoms with Crippen molar-refractivity contribution < 1.29 is 14.7 Å². The molecule has 1 aliphatic heterocycles. The molecule has 0 saturated carbocycles. The lowest BCUT2D eigenvalue weighted by Crippen LogP contribution is -2.38. The summed E-state index contributed by atoms with van der Waals surface area (Å²) in [7, 11) is 1.64. The summed E-state index contributed by atoms with van der Waals surface area (Å²) in [6.07, 6.45) is 3.14. The van der Waals surface area contributed by atoms with Gasteiger partial charge in [0.05, 0.1) is 11.4 Å². The van der Waals surface area contributed by atoms with E-state index in [1.807, 2.05) is 6.92 Å². The molecule has 0 saturated heterocycles. The smallest absolute Gasteiger partial charge is 0.354 e. The van der Waals surface area contributed by atoms with Gasteiger partial charge in [-0.2, -0.15) is 0 Å². The molecule has 0 aliphatic carbocycles. The van der Waals surface area contributed by atoms with Gasteiger partial charge in [-0.3, -0.25) is 4.79 Å². The average molecular weight is 237 g/mol. The van der Waals surface area contributed by atoms with Gasteiger partial charge >= 0.3 is 5.97 Å². The van der Waals surface area contributed by atoms with Crippen LogP contribution >= 0.6 is 0 Å². The van der Waals surface area contributed by atoms with Gasteiger partial charge in [-0.15, -0.1) is 0 Å². The molecule has 2 heterocycles. The van der Waals surface area contributed by atoms with Crippen molar-refractivity contribution in [1.29, 1.82) is 0 Å². The molecule has 1 amide bonds. The summed E-state index contributed by atoms with van der Waals surface area (Å²) in [6.45, 7) is 1.98. The van der Waals surface area contributed by atoms with Crippen molar-refractivity contribution >= 4 is 23.3 Å².